The van der Waals surface area contributed by atoms with Crippen molar-refractivity contribution in [3.63, 3.8) is 0 Å². The average molecular weight is 485 g/mol. The Morgan fingerprint density at radius 2 is 1.31 bits per heavy atom. The Morgan fingerprint density at radius 3 is 1.89 bits per heavy atom. The molecule has 4 aromatic rings. The Labute approximate surface area is 207 Å². The molecule has 0 aliphatic carbocycles. The molecule has 178 valence electrons. The second-order valence-electron chi connectivity index (χ2n) is 8.59. The maximum atomic E-state index is 13.5. The van der Waals surface area contributed by atoms with Crippen molar-refractivity contribution in [1.82, 2.24) is 0 Å². The summed E-state index contributed by atoms with van der Waals surface area (Å²) in [4.78, 5) is 13.1. The zero-order valence-corrected chi connectivity index (χ0v) is 20.8. The van der Waals surface area contributed by atoms with Crippen LogP contribution < -0.4 is 9.62 Å². The minimum atomic E-state index is -3.78. The summed E-state index contributed by atoms with van der Waals surface area (Å²) in [6.07, 6.45) is 0. The number of benzene rings is 4. The Morgan fingerprint density at radius 1 is 0.771 bits per heavy atom. The highest BCUT2D eigenvalue weighted by atomic mass is 32.2. The molecule has 0 aliphatic heterocycles. The van der Waals surface area contributed by atoms with Gasteiger partial charge >= 0.3 is 0 Å². The molecule has 0 bridgehead atoms. The number of hydrogen-bond donors (Lipinski definition) is 1. The van der Waals surface area contributed by atoms with Gasteiger partial charge in [0.25, 0.3) is 15.9 Å². The highest BCUT2D eigenvalue weighted by Gasteiger charge is 2.25. The maximum Gasteiger partial charge on any atom is 0.264 e. The van der Waals surface area contributed by atoms with Gasteiger partial charge in [-0.2, -0.15) is 0 Å². The van der Waals surface area contributed by atoms with E-state index in [4.69, 9.17) is 0 Å². The molecule has 0 atom stereocenters. The molecular formula is C29H28N2O3S. The topological polar surface area (TPSA) is 66.5 Å². The number of aryl methyl sites for hydroxylation is 3. The predicted molar refractivity (Wildman–Crippen MR) is 141 cm³/mol. The zero-order valence-electron chi connectivity index (χ0n) is 20.0. The van der Waals surface area contributed by atoms with Gasteiger partial charge in [-0.05, 0) is 73.9 Å². The lowest BCUT2D eigenvalue weighted by Gasteiger charge is -2.25. The summed E-state index contributed by atoms with van der Waals surface area (Å²) in [6.45, 7) is 6.12. The van der Waals surface area contributed by atoms with Crippen LogP contribution in [0.15, 0.2) is 102 Å². The van der Waals surface area contributed by atoms with Crippen LogP contribution in [0.4, 0.5) is 11.4 Å². The van der Waals surface area contributed by atoms with Crippen molar-refractivity contribution in [2.75, 3.05) is 9.62 Å². The summed E-state index contributed by atoms with van der Waals surface area (Å²) < 4.78 is 28.3. The summed E-state index contributed by atoms with van der Waals surface area (Å²) in [5, 5.41) is 3.01. The summed E-state index contributed by atoms with van der Waals surface area (Å²) in [5.41, 5.74) is 5.83. The maximum absolute atomic E-state index is 13.5. The molecule has 5 nitrogen and oxygen atoms in total. The lowest BCUT2D eigenvalue weighted by atomic mass is 10.0. The second-order valence-corrected chi connectivity index (χ2v) is 10.4. The molecule has 0 aromatic heterocycles. The first-order valence-corrected chi connectivity index (χ1v) is 12.8. The first-order valence-electron chi connectivity index (χ1n) is 11.4. The Kier molecular flexibility index (Phi) is 7.03. The average Bonchev–Trinajstić information content (AvgIpc) is 2.86. The molecule has 4 rings (SSSR count). The number of nitrogens with one attached hydrogen (secondary N) is 1. The first kappa shape index (κ1) is 24.2. The number of amides is 1. The van der Waals surface area contributed by atoms with Gasteiger partial charge in [-0.1, -0.05) is 66.2 Å². The molecule has 0 aliphatic rings. The van der Waals surface area contributed by atoms with E-state index in [0.29, 0.717) is 11.3 Å². The van der Waals surface area contributed by atoms with Gasteiger partial charge in [0.2, 0.25) is 0 Å². The fourth-order valence-electron chi connectivity index (χ4n) is 4.12. The SMILES string of the molecule is Cc1cc(C)c(NC(=O)c2ccc(CN(c3ccccc3)S(=O)(=O)c3ccccc3)cc2)c(C)c1. The van der Waals surface area contributed by atoms with E-state index in [-0.39, 0.29) is 17.3 Å². The molecule has 0 radical (unpaired) electrons. The van der Waals surface area contributed by atoms with Crippen LogP contribution in [0.2, 0.25) is 0 Å². The quantitative estimate of drug-likeness (QED) is 0.337. The fraction of sp³-hybridized carbons (Fsp3) is 0.138. The van der Waals surface area contributed by atoms with Crippen LogP contribution in [0.25, 0.3) is 0 Å². The molecule has 0 saturated heterocycles. The van der Waals surface area contributed by atoms with Gasteiger partial charge < -0.3 is 5.32 Å². The largest absolute Gasteiger partial charge is 0.322 e. The number of carbonyl (C=O) groups excluding carboxylic acids is 1. The number of nitrogens with zero attached hydrogens (tertiary/aromatic N) is 1. The van der Waals surface area contributed by atoms with Crippen LogP contribution in [-0.2, 0) is 16.6 Å². The Bertz CT molecular complexity index is 1410. The molecule has 1 N–H and O–H groups in total. The smallest absolute Gasteiger partial charge is 0.264 e. The Balaban J connectivity index is 1.58. The van der Waals surface area contributed by atoms with Crippen LogP contribution in [0, 0.1) is 20.8 Å². The number of carbonyl (C=O) groups is 1. The van der Waals surface area contributed by atoms with Gasteiger partial charge in [0, 0.05) is 11.3 Å². The van der Waals surface area contributed by atoms with Crippen LogP contribution >= 0.6 is 0 Å². The summed E-state index contributed by atoms with van der Waals surface area (Å²) >= 11 is 0. The van der Waals surface area contributed by atoms with Gasteiger partial charge in [0.1, 0.15) is 0 Å². The number of sulfonamides is 1. The van der Waals surface area contributed by atoms with Crippen molar-refractivity contribution >= 4 is 27.3 Å². The number of rotatable bonds is 7. The standard InChI is InChI=1S/C29H28N2O3S/c1-21-18-22(2)28(23(3)19-21)30-29(32)25-16-14-24(15-17-25)20-31(26-10-6-4-7-11-26)35(33,34)27-12-8-5-9-13-27/h4-19H,20H2,1-3H3,(H,30,32). The van der Waals surface area contributed by atoms with E-state index in [2.05, 4.69) is 5.32 Å². The first-order chi connectivity index (χ1) is 16.8. The van der Waals surface area contributed by atoms with E-state index < -0.39 is 10.0 Å². The lowest BCUT2D eigenvalue weighted by Crippen LogP contribution is -2.30. The summed E-state index contributed by atoms with van der Waals surface area (Å²) in [6, 6.07) is 28.5. The van der Waals surface area contributed by atoms with Crippen molar-refractivity contribution in [2.24, 2.45) is 0 Å². The van der Waals surface area contributed by atoms with E-state index in [0.717, 1.165) is 27.9 Å². The molecule has 4 aromatic carbocycles. The van der Waals surface area contributed by atoms with Crippen molar-refractivity contribution in [1.29, 1.82) is 0 Å². The third-order valence-electron chi connectivity index (χ3n) is 5.83. The number of para-hydroxylation sites is 1. The van der Waals surface area contributed by atoms with Gasteiger partial charge in [0.15, 0.2) is 0 Å². The minimum absolute atomic E-state index is 0.138. The zero-order chi connectivity index (χ0) is 25.0. The predicted octanol–water partition coefficient (Wildman–Crippen LogP) is 6.26. The van der Waals surface area contributed by atoms with E-state index in [9.17, 15) is 13.2 Å². The van der Waals surface area contributed by atoms with Gasteiger partial charge in [0.05, 0.1) is 17.1 Å². The third kappa shape index (κ3) is 5.44. The molecule has 1 amide bonds. The highest BCUT2D eigenvalue weighted by Crippen LogP contribution is 2.26. The summed E-state index contributed by atoms with van der Waals surface area (Å²) in [5.74, 6) is -0.205. The highest BCUT2D eigenvalue weighted by molar-refractivity contribution is 7.92. The minimum Gasteiger partial charge on any atom is -0.322 e. The molecule has 0 unspecified atom stereocenters. The molecule has 0 heterocycles. The van der Waals surface area contributed by atoms with Crippen LogP contribution in [0.1, 0.15) is 32.6 Å². The fourth-order valence-corrected chi connectivity index (χ4v) is 5.59. The van der Waals surface area contributed by atoms with E-state index in [1.165, 1.54) is 4.31 Å². The molecular weight excluding hydrogens is 456 g/mol. The van der Waals surface area contributed by atoms with Crippen molar-refractivity contribution in [3.05, 3.63) is 125 Å². The number of anilines is 2. The monoisotopic (exact) mass is 484 g/mol. The lowest BCUT2D eigenvalue weighted by molar-refractivity contribution is 0.102. The summed E-state index contributed by atoms with van der Waals surface area (Å²) in [7, 11) is -3.78. The van der Waals surface area contributed by atoms with Gasteiger partial charge in [-0.15, -0.1) is 0 Å². The van der Waals surface area contributed by atoms with E-state index in [1.807, 2.05) is 51.1 Å². The van der Waals surface area contributed by atoms with Crippen molar-refractivity contribution < 1.29 is 13.2 Å². The molecule has 0 saturated carbocycles. The number of hydrogen-bond acceptors (Lipinski definition) is 3. The van der Waals surface area contributed by atoms with Crippen molar-refractivity contribution in [2.45, 2.75) is 32.2 Å². The Hall–Kier alpha value is -3.90. The third-order valence-corrected chi connectivity index (χ3v) is 7.62. The molecule has 6 heteroatoms. The second kappa shape index (κ2) is 10.2. The molecule has 0 spiro atoms. The normalized spacial score (nSPS) is 11.2. The van der Waals surface area contributed by atoms with Gasteiger partial charge in [-0.25, -0.2) is 8.42 Å². The van der Waals surface area contributed by atoms with Crippen LogP contribution in [0.3, 0.4) is 0 Å². The van der Waals surface area contributed by atoms with Gasteiger partial charge in [-0.3, -0.25) is 9.10 Å². The van der Waals surface area contributed by atoms with Crippen LogP contribution in [-0.4, -0.2) is 14.3 Å². The van der Waals surface area contributed by atoms with Crippen molar-refractivity contribution in [3.8, 4) is 0 Å². The van der Waals surface area contributed by atoms with E-state index in [1.54, 1.807) is 66.7 Å². The van der Waals surface area contributed by atoms with E-state index >= 15 is 0 Å². The molecule has 0 fully saturated rings. The van der Waals surface area contributed by atoms with Crippen LogP contribution in [0.5, 0.6) is 0 Å². The molecule has 35 heavy (non-hydrogen) atoms.